The van der Waals surface area contributed by atoms with E-state index in [1.807, 2.05) is 0 Å². The minimum atomic E-state index is -1.36. The van der Waals surface area contributed by atoms with Crippen LogP contribution in [-0.4, -0.2) is 8.07 Å². The third kappa shape index (κ3) is 9.21. The Morgan fingerprint density at radius 1 is 0.870 bits per heavy atom. The topological polar surface area (TPSA) is 0 Å². The van der Waals surface area contributed by atoms with Gasteiger partial charge in [0.15, 0.2) is 0 Å². The molecular formula is C22H40Si. The Balaban J connectivity index is 5.05. The smallest absolute Gasteiger partial charge is 0.126 e. The molecule has 0 heterocycles. The summed E-state index contributed by atoms with van der Waals surface area (Å²) in [5.41, 5.74) is 6.27. The van der Waals surface area contributed by atoms with Gasteiger partial charge in [-0.15, -0.1) is 5.54 Å². The van der Waals surface area contributed by atoms with E-state index >= 15 is 0 Å². The van der Waals surface area contributed by atoms with E-state index in [0.29, 0.717) is 0 Å². The third-order valence-electron chi connectivity index (χ3n) is 5.11. The average Bonchev–Trinajstić information content (AvgIpc) is 2.59. The first kappa shape index (κ1) is 22.3. The summed E-state index contributed by atoms with van der Waals surface area (Å²) in [6.07, 6.45) is 12.4. The van der Waals surface area contributed by atoms with Gasteiger partial charge in [-0.1, -0.05) is 78.9 Å². The van der Waals surface area contributed by atoms with Crippen LogP contribution in [0.5, 0.6) is 0 Å². The van der Waals surface area contributed by atoms with E-state index < -0.39 is 8.07 Å². The monoisotopic (exact) mass is 332 g/mol. The van der Waals surface area contributed by atoms with Crippen molar-refractivity contribution in [3.05, 3.63) is 23.8 Å². The average molecular weight is 333 g/mol. The van der Waals surface area contributed by atoms with Crippen LogP contribution in [0.25, 0.3) is 0 Å². The summed E-state index contributed by atoms with van der Waals surface area (Å²) in [5.74, 6) is 3.59. The van der Waals surface area contributed by atoms with Gasteiger partial charge in [-0.25, -0.2) is 0 Å². The lowest BCUT2D eigenvalue weighted by atomic mass is 10.0. The first-order chi connectivity index (χ1) is 11.1. The molecule has 132 valence electrons. The highest BCUT2D eigenvalue weighted by Gasteiger charge is 2.24. The summed E-state index contributed by atoms with van der Waals surface area (Å²) in [7, 11) is -1.36. The van der Waals surface area contributed by atoms with E-state index in [-0.39, 0.29) is 0 Å². The van der Waals surface area contributed by atoms with Gasteiger partial charge in [0.25, 0.3) is 0 Å². The molecule has 0 atom stereocenters. The summed E-state index contributed by atoms with van der Waals surface area (Å²) in [6.45, 7) is 15.8. The molecule has 0 saturated heterocycles. The maximum absolute atomic E-state index is 4.33. The van der Waals surface area contributed by atoms with Crippen LogP contribution >= 0.6 is 0 Å². The van der Waals surface area contributed by atoms with Crippen LogP contribution in [0, 0.1) is 11.5 Å². The van der Waals surface area contributed by atoms with Crippen molar-refractivity contribution in [1.82, 2.24) is 0 Å². The van der Waals surface area contributed by atoms with Gasteiger partial charge in [0, 0.05) is 5.57 Å². The first-order valence-electron chi connectivity index (χ1n) is 10.0. The van der Waals surface area contributed by atoms with Crippen LogP contribution in [0.4, 0.5) is 0 Å². The van der Waals surface area contributed by atoms with Gasteiger partial charge >= 0.3 is 0 Å². The van der Waals surface area contributed by atoms with Gasteiger partial charge in [-0.2, -0.15) is 0 Å². The summed E-state index contributed by atoms with van der Waals surface area (Å²) >= 11 is 0. The van der Waals surface area contributed by atoms with Crippen molar-refractivity contribution >= 4 is 8.07 Å². The second-order valence-electron chi connectivity index (χ2n) is 6.77. The quantitative estimate of drug-likeness (QED) is 0.149. The van der Waals surface area contributed by atoms with Crippen LogP contribution in [0.1, 0.15) is 86.0 Å². The summed E-state index contributed by atoms with van der Waals surface area (Å²) in [4.78, 5) is 0. The number of hydrogen-bond donors (Lipinski definition) is 0. The summed E-state index contributed by atoms with van der Waals surface area (Å²) < 4.78 is 0. The Bertz CT molecular complexity index is 393. The van der Waals surface area contributed by atoms with Crippen LogP contribution < -0.4 is 0 Å². The second kappa shape index (κ2) is 13.7. The maximum atomic E-state index is 4.33. The van der Waals surface area contributed by atoms with E-state index in [9.17, 15) is 0 Å². The van der Waals surface area contributed by atoms with Crippen LogP contribution in [0.3, 0.4) is 0 Å². The zero-order valence-electron chi connectivity index (χ0n) is 16.6. The highest BCUT2D eigenvalue weighted by atomic mass is 28.3. The Morgan fingerprint density at radius 2 is 1.48 bits per heavy atom. The van der Waals surface area contributed by atoms with Gasteiger partial charge in [0.05, 0.1) is 0 Å². The van der Waals surface area contributed by atoms with Crippen LogP contribution in [0.15, 0.2) is 23.8 Å². The molecule has 23 heavy (non-hydrogen) atoms. The summed E-state index contributed by atoms with van der Waals surface area (Å²) in [6, 6.07) is 3.83. The molecule has 0 aromatic rings. The molecule has 0 aliphatic rings. The minimum Gasteiger partial charge on any atom is -0.126 e. The minimum absolute atomic E-state index is 1.10. The molecule has 0 radical (unpaired) electrons. The lowest BCUT2D eigenvalue weighted by Crippen LogP contribution is -2.29. The van der Waals surface area contributed by atoms with E-state index in [4.69, 9.17) is 0 Å². The fourth-order valence-electron chi connectivity index (χ4n) is 2.84. The van der Waals surface area contributed by atoms with Crippen molar-refractivity contribution < 1.29 is 0 Å². The van der Waals surface area contributed by atoms with Gasteiger partial charge in [-0.3, -0.25) is 0 Å². The molecule has 1 heteroatoms. The predicted molar refractivity (Wildman–Crippen MR) is 110 cm³/mol. The van der Waals surface area contributed by atoms with Crippen molar-refractivity contribution in [3.8, 4) is 11.5 Å². The SMILES string of the molecule is C=C(CCCC)/C(C#C[Si](CC)(CC)CC)=C\CCCCCC. The van der Waals surface area contributed by atoms with E-state index in [1.54, 1.807) is 0 Å². The van der Waals surface area contributed by atoms with Gasteiger partial charge in [0.2, 0.25) is 0 Å². The number of hydrogen-bond acceptors (Lipinski definition) is 0. The number of rotatable bonds is 12. The Kier molecular flexibility index (Phi) is 13.2. The van der Waals surface area contributed by atoms with Crippen molar-refractivity contribution in [2.75, 3.05) is 0 Å². The molecule has 0 nitrogen and oxygen atoms in total. The van der Waals surface area contributed by atoms with Gasteiger partial charge in [-0.05, 0) is 49.4 Å². The lowest BCUT2D eigenvalue weighted by Gasteiger charge is -2.20. The molecule has 0 bridgehead atoms. The Hall–Kier alpha value is -0.743. The van der Waals surface area contributed by atoms with E-state index in [2.05, 4.69) is 58.7 Å². The number of allylic oxidation sites excluding steroid dienone is 3. The molecular weight excluding hydrogens is 292 g/mol. The van der Waals surface area contributed by atoms with Crippen LogP contribution in [-0.2, 0) is 0 Å². The van der Waals surface area contributed by atoms with Crippen molar-refractivity contribution in [2.45, 2.75) is 104 Å². The molecule has 0 spiro atoms. The lowest BCUT2D eigenvalue weighted by molar-refractivity contribution is 0.673. The molecule has 0 saturated carbocycles. The molecule has 0 N–H and O–H groups in total. The molecule has 0 unspecified atom stereocenters. The zero-order valence-corrected chi connectivity index (χ0v) is 17.6. The number of unbranched alkanes of at least 4 members (excludes halogenated alkanes) is 5. The highest BCUT2D eigenvalue weighted by molar-refractivity contribution is 6.87. The fraction of sp³-hybridized carbons (Fsp3) is 0.727. The maximum Gasteiger partial charge on any atom is 0.138 e. The van der Waals surface area contributed by atoms with Crippen molar-refractivity contribution in [3.63, 3.8) is 0 Å². The largest absolute Gasteiger partial charge is 0.138 e. The van der Waals surface area contributed by atoms with Gasteiger partial charge in [0.1, 0.15) is 8.07 Å². The van der Waals surface area contributed by atoms with Crippen molar-refractivity contribution in [2.24, 2.45) is 0 Å². The molecule has 0 aromatic carbocycles. The second-order valence-corrected chi connectivity index (χ2v) is 11.7. The highest BCUT2D eigenvalue weighted by Crippen LogP contribution is 2.21. The third-order valence-corrected chi connectivity index (χ3v) is 9.83. The van der Waals surface area contributed by atoms with Crippen LogP contribution in [0.2, 0.25) is 18.1 Å². The van der Waals surface area contributed by atoms with Crippen molar-refractivity contribution in [1.29, 1.82) is 0 Å². The van der Waals surface area contributed by atoms with E-state index in [1.165, 1.54) is 67.8 Å². The molecule has 0 aliphatic heterocycles. The fourth-order valence-corrected chi connectivity index (χ4v) is 5.27. The molecule has 0 aliphatic carbocycles. The normalized spacial score (nSPS) is 12.0. The first-order valence-corrected chi connectivity index (χ1v) is 12.6. The summed E-state index contributed by atoms with van der Waals surface area (Å²) in [5, 5.41) is 0. The van der Waals surface area contributed by atoms with Gasteiger partial charge < -0.3 is 0 Å². The standard InChI is InChI=1S/C22H40Si/c1-7-12-14-15-16-18-22(21(6)17-13-8-2)19-20-23(9-3,10-4)11-5/h18H,6-17H2,1-5H3/b22-18-. The predicted octanol–water partition coefficient (Wildman–Crippen LogP) is 7.68. The molecule has 0 fully saturated rings. The molecule has 0 rings (SSSR count). The van der Waals surface area contributed by atoms with E-state index in [0.717, 1.165) is 12.8 Å². The molecule has 0 amide bonds. The molecule has 0 aromatic heterocycles. The Labute approximate surface area is 147 Å². The Morgan fingerprint density at radius 3 is 2.00 bits per heavy atom. The zero-order chi connectivity index (χ0) is 17.6.